The molecule has 45 heavy (non-hydrogen) atoms. The zero-order valence-corrected chi connectivity index (χ0v) is 24.6. The van der Waals surface area contributed by atoms with E-state index in [1.807, 2.05) is 65.6 Å². The summed E-state index contributed by atoms with van der Waals surface area (Å²) in [5.41, 5.74) is 2.53. The molecule has 4 aromatic carbocycles. The number of ketones is 3. The van der Waals surface area contributed by atoms with Gasteiger partial charge in [-0.2, -0.15) is 0 Å². The standard InChI is InChI=1S/C38H28N2O5/c1-44-28-18-16-25(21-29(28)45-2)31-34(35(41)24-9-4-3-5-10-24)40-30(38(31)36(42)26-12-6-7-13-27(26)37(38)43)19-17-23-15-14-22-11-8-20-39-32(22)33(23)40/h3-21,30-31,34H,1-2H3/t30-,31-,34+/m1/s1. The van der Waals surface area contributed by atoms with Gasteiger partial charge >= 0.3 is 0 Å². The zero-order chi connectivity index (χ0) is 30.9. The second-order valence-electron chi connectivity index (χ2n) is 11.6. The first-order chi connectivity index (χ1) is 22.0. The molecule has 1 fully saturated rings. The average Bonchev–Trinajstić information content (AvgIpc) is 3.53. The third kappa shape index (κ3) is 3.58. The Balaban J connectivity index is 1.48. The van der Waals surface area contributed by atoms with Gasteiger partial charge < -0.3 is 14.4 Å². The lowest BCUT2D eigenvalue weighted by Crippen LogP contribution is -2.48. The van der Waals surface area contributed by atoms with Gasteiger partial charge in [-0.05, 0) is 29.3 Å². The van der Waals surface area contributed by atoms with Crippen LogP contribution in [0.4, 0.5) is 5.69 Å². The lowest BCUT2D eigenvalue weighted by atomic mass is 9.64. The van der Waals surface area contributed by atoms with Gasteiger partial charge in [0.05, 0.1) is 31.5 Å². The molecule has 1 aliphatic carbocycles. The summed E-state index contributed by atoms with van der Waals surface area (Å²) in [6.07, 6.45) is 5.60. The zero-order valence-electron chi connectivity index (χ0n) is 24.6. The highest BCUT2D eigenvalue weighted by Crippen LogP contribution is 2.62. The largest absolute Gasteiger partial charge is 0.493 e. The fourth-order valence-electron chi connectivity index (χ4n) is 7.78. The number of aromatic nitrogens is 1. The van der Waals surface area contributed by atoms with E-state index < -0.39 is 23.4 Å². The molecule has 5 aromatic rings. The van der Waals surface area contributed by atoms with Crippen LogP contribution in [-0.2, 0) is 0 Å². The van der Waals surface area contributed by atoms with Crippen LogP contribution < -0.4 is 14.4 Å². The molecule has 0 N–H and O–H groups in total. The highest BCUT2D eigenvalue weighted by atomic mass is 16.5. The Hall–Kier alpha value is -5.56. The number of benzene rings is 4. The van der Waals surface area contributed by atoms with E-state index >= 15 is 0 Å². The lowest BCUT2D eigenvalue weighted by Gasteiger charge is -2.37. The summed E-state index contributed by atoms with van der Waals surface area (Å²) >= 11 is 0. The highest BCUT2D eigenvalue weighted by molar-refractivity contribution is 6.32. The molecule has 3 heterocycles. The summed E-state index contributed by atoms with van der Waals surface area (Å²) in [5.74, 6) is -0.700. The van der Waals surface area contributed by atoms with E-state index in [2.05, 4.69) is 0 Å². The Morgan fingerprint density at radius 1 is 0.800 bits per heavy atom. The number of carbonyl (C=O) groups is 3. The normalized spacial score (nSPS) is 20.7. The molecule has 0 saturated carbocycles. The van der Waals surface area contributed by atoms with E-state index in [1.54, 1.807) is 68.9 Å². The summed E-state index contributed by atoms with van der Waals surface area (Å²) in [6.45, 7) is 0. The van der Waals surface area contributed by atoms with Crippen molar-refractivity contribution in [1.29, 1.82) is 0 Å². The highest BCUT2D eigenvalue weighted by Gasteiger charge is 2.71. The summed E-state index contributed by atoms with van der Waals surface area (Å²) in [4.78, 5) is 51.7. The Bertz CT molecular complexity index is 2050. The van der Waals surface area contributed by atoms with Gasteiger partial charge in [0.15, 0.2) is 28.8 Å². The minimum atomic E-state index is -1.64. The molecule has 220 valence electrons. The Morgan fingerprint density at radius 2 is 1.51 bits per heavy atom. The second-order valence-corrected chi connectivity index (χ2v) is 11.6. The number of fused-ring (bicyclic) bond motifs is 7. The molecule has 8 rings (SSSR count). The number of methoxy groups -OCH3 is 2. The first kappa shape index (κ1) is 27.0. The molecule has 2 aliphatic heterocycles. The second kappa shape index (κ2) is 9.99. The molecule has 0 bridgehead atoms. The number of Topliss-reactive ketones (excluding diaryl/α,β-unsaturated/α-hetero) is 3. The maximum atomic E-state index is 15.0. The predicted octanol–water partition coefficient (Wildman–Crippen LogP) is 6.57. The molecule has 3 aliphatic rings. The van der Waals surface area contributed by atoms with Gasteiger partial charge in [-0.15, -0.1) is 0 Å². The quantitative estimate of drug-likeness (QED) is 0.169. The van der Waals surface area contributed by atoms with E-state index in [1.165, 1.54) is 0 Å². The van der Waals surface area contributed by atoms with Crippen molar-refractivity contribution in [2.45, 2.75) is 18.0 Å². The number of ether oxygens (including phenoxy) is 2. The van der Waals surface area contributed by atoms with Gasteiger partial charge in [-0.1, -0.05) is 91.0 Å². The predicted molar refractivity (Wildman–Crippen MR) is 171 cm³/mol. The van der Waals surface area contributed by atoms with E-state index in [-0.39, 0.29) is 17.3 Å². The summed E-state index contributed by atoms with van der Waals surface area (Å²) in [7, 11) is 3.09. The molecular weight excluding hydrogens is 564 g/mol. The van der Waals surface area contributed by atoms with Crippen LogP contribution in [0.3, 0.4) is 0 Å². The molecule has 1 aromatic heterocycles. The monoisotopic (exact) mass is 592 g/mol. The van der Waals surface area contributed by atoms with Crippen molar-refractivity contribution in [3.8, 4) is 11.5 Å². The number of anilines is 1. The van der Waals surface area contributed by atoms with Crippen LogP contribution in [0.1, 0.15) is 48.1 Å². The number of carbonyl (C=O) groups excluding carboxylic acids is 3. The van der Waals surface area contributed by atoms with Gasteiger partial charge in [-0.25, -0.2) is 0 Å². The summed E-state index contributed by atoms with van der Waals surface area (Å²) in [6, 6.07) is 27.6. The SMILES string of the molecule is COc1ccc([C@@H]2[C@@H](C(=O)c3ccccc3)N3c4c(ccc5cccnc45)C=C[C@@H]3C23C(=O)c2ccccc2C3=O)cc1OC. The van der Waals surface area contributed by atoms with Gasteiger partial charge in [0, 0.05) is 34.2 Å². The smallest absolute Gasteiger partial charge is 0.185 e. The van der Waals surface area contributed by atoms with Crippen LogP contribution in [0.15, 0.2) is 109 Å². The maximum absolute atomic E-state index is 15.0. The van der Waals surface area contributed by atoms with Gasteiger partial charge in [0.2, 0.25) is 0 Å². The number of hydrogen-bond acceptors (Lipinski definition) is 7. The van der Waals surface area contributed by atoms with Crippen LogP contribution in [-0.4, -0.2) is 48.6 Å². The molecule has 3 atom stereocenters. The minimum absolute atomic E-state index is 0.192. The fourth-order valence-corrected chi connectivity index (χ4v) is 7.78. The lowest BCUT2D eigenvalue weighted by molar-refractivity contribution is 0.0665. The first-order valence-electron chi connectivity index (χ1n) is 14.8. The molecule has 0 amide bonds. The summed E-state index contributed by atoms with van der Waals surface area (Å²) < 4.78 is 11.2. The van der Waals surface area contributed by atoms with Crippen LogP contribution in [0.2, 0.25) is 0 Å². The van der Waals surface area contributed by atoms with Crippen molar-refractivity contribution in [2.24, 2.45) is 5.41 Å². The van der Waals surface area contributed by atoms with Crippen molar-refractivity contribution < 1.29 is 23.9 Å². The van der Waals surface area contributed by atoms with Crippen molar-refractivity contribution in [2.75, 3.05) is 19.1 Å². The van der Waals surface area contributed by atoms with Gasteiger partial charge in [0.25, 0.3) is 0 Å². The fraction of sp³-hybridized carbons (Fsp3) is 0.158. The van der Waals surface area contributed by atoms with Crippen LogP contribution in [0.5, 0.6) is 11.5 Å². The van der Waals surface area contributed by atoms with Crippen molar-refractivity contribution >= 4 is 40.0 Å². The Kier molecular flexibility index (Phi) is 6.00. The third-order valence-corrected chi connectivity index (χ3v) is 9.63. The first-order valence-corrected chi connectivity index (χ1v) is 14.8. The van der Waals surface area contributed by atoms with Crippen molar-refractivity contribution in [1.82, 2.24) is 4.98 Å². The van der Waals surface area contributed by atoms with E-state index in [0.29, 0.717) is 39.3 Å². The van der Waals surface area contributed by atoms with Crippen LogP contribution >= 0.6 is 0 Å². The van der Waals surface area contributed by atoms with Crippen molar-refractivity contribution in [3.63, 3.8) is 0 Å². The number of nitrogens with zero attached hydrogens (tertiary/aromatic N) is 2. The molecule has 0 radical (unpaired) electrons. The van der Waals surface area contributed by atoms with Crippen LogP contribution in [0.25, 0.3) is 17.0 Å². The number of rotatable bonds is 5. The minimum Gasteiger partial charge on any atom is -0.493 e. The maximum Gasteiger partial charge on any atom is 0.185 e. The van der Waals surface area contributed by atoms with Gasteiger partial charge in [0.1, 0.15) is 11.5 Å². The average molecular weight is 593 g/mol. The molecule has 1 saturated heterocycles. The van der Waals surface area contributed by atoms with E-state index in [9.17, 15) is 14.4 Å². The van der Waals surface area contributed by atoms with E-state index in [4.69, 9.17) is 14.5 Å². The van der Waals surface area contributed by atoms with Gasteiger partial charge in [-0.3, -0.25) is 19.4 Å². The molecule has 7 heteroatoms. The van der Waals surface area contributed by atoms with E-state index in [0.717, 1.165) is 16.6 Å². The summed E-state index contributed by atoms with van der Waals surface area (Å²) in [5, 5.41) is 0.896. The topological polar surface area (TPSA) is 85.8 Å². The van der Waals surface area contributed by atoms with Crippen LogP contribution in [0, 0.1) is 5.41 Å². The number of pyridine rings is 1. The molecule has 7 nitrogen and oxygen atoms in total. The third-order valence-electron chi connectivity index (χ3n) is 9.63. The molecule has 0 unspecified atom stereocenters. The Labute approximate surface area is 259 Å². The number of hydrogen-bond donors (Lipinski definition) is 0. The molecular formula is C38H28N2O5. The molecule has 1 spiro atoms. The van der Waals surface area contributed by atoms with Crippen molar-refractivity contribution in [3.05, 3.63) is 137 Å². The Morgan fingerprint density at radius 3 is 2.22 bits per heavy atom.